The number of thiophene rings is 4. The van der Waals surface area contributed by atoms with Crippen LogP contribution in [0.15, 0.2) is 212 Å². The standard InChI is InChI=1S/C70H53BN2S4/c1-69(2,3)48-30-34-60-52(40-48)64-67(76-60)72(56-36-46(28-32-50(56)42-18-9-7-10-19-42)62-38-44-22-13-15-26-58(44)74-62)54-24-17-25-55-66(54)71(64)65-53-41-49(70(4,5)6)31-35-61(53)77-68(65)73(55)57-37-47(29-33-51(57)43-20-11-8-12-21-43)63-39-45-23-14-16-27-59(45)75-63/h7-41H,1-6H3. The molecule has 0 saturated heterocycles. The average molecular weight is 1060 g/mol. The second-order valence-electron chi connectivity index (χ2n) is 22.9. The van der Waals surface area contributed by atoms with E-state index < -0.39 is 0 Å². The van der Waals surface area contributed by atoms with Gasteiger partial charge >= 0.3 is 0 Å². The normalized spacial score (nSPS) is 13.2. The van der Waals surface area contributed by atoms with E-state index in [2.05, 4.69) is 264 Å². The first-order chi connectivity index (χ1) is 37.4. The topological polar surface area (TPSA) is 6.48 Å². The van der Waals surface area contributed by atoms with Crippen LogP contribution in [0, 0.1) is 0 Å². The fourth-order valence-electron chi connectivity index (χ4n) is 12.1. The fourth-order valence-corrected chi connectivity index (χ4v) is 16.7. The number of rotatable bonds is 6. The summed E-state index contributed by atoms with van der Waals surface area (Å²) in [4.78, 5) is 7.89. The van der Waals surface area contributed by atoms with Gasteiger partial charge in [-0.05, 0) is 143 Å². The van der Waals surface area contributed by atoms with Gasteiger partial charge in [0, 0.05) is 51.1 Å². The summed E-state index contributed by atoms with van der Waals surface area (Å²) < 4.78 is 5.22. The Morgan fingerprint density at radius 3 is 1.18 bits per heavy atom. The second-order valence-corrected chi connectivity index (χ2v) is 27.1. The molecular formula is C70H53BN2S4. The smallest absolute Gasteiger partial charge is 0.256 e. The third-order valence-electron chi connectivity index (χ3n) is 16.0. The Morgan fingerprint density at radius 1 is 0.325 bits per heavy atom. The van der Waals surface area contributed by atoms with Gasteiger partial charge in [-0.2, -0.15) is 0 Å². The number of fused-ring (bicyclic) bond motifs is 10. The summed E-state index contributed by atoms with van der Waals surface area (Å²) in [7, 11) is 0. The van der Waals surface area contributed by atoms with Crippen LogP contribution in [0.5, 0.6) is 0 Å². The number of nitrogens with zero attached hydrogens (tertiary/aromatic N) is 2. The molecule has 7 heteroatoms. The Morgan fingerprint density at radius 2 is 0.753 bits per heavy atom. The van der Waals surface area contributed by atoms with Crippen LogP contribution in [0.25, 0.3) is 83.5 Å². The van der Waals surface area contributed by atoms with E-state index in [9.17, 15) is 0 Å². The molecule has 0 bridgehead atoms. The van der Waals surface area contributed by atoms with Crippen molar-refractivity contribution < 1.29 is 0 Å². The van der Waals surface area contributed by atoms with Crippen molar-refractivity contribution in [2.24, 2.45) is 0 Å². The van der Waals surface area contributed by atoms with Gasteiger partial charge in [-0.1, -0.05) is 193 Å². The van der Waals surface area contributed by atoms with Crippen LogP contribution < -0.4 is 26.2 Å². The number of hydrogen-bond donors (Lipinski definition) is 0. The van der Waals surface area contributed by atoms with Crippen LogP contribution in [0.4, 0.5) is 32.8 Å². The zero-order valence-corrected chi connectivity index (χ0v) is 47.1. The molecule has 0 N–H and O–H groups in total. The molecule has 15 rings (SSSR count). The Hall–Kier alpha value is -7.52. The highest BCUT2D eigenvalue weighted by Crippen LogP contribution is 2.54. The van der Waals surface area contributed by atoms with Gasteiger partial charge in [-0.3, -0.25) is 0 Å². The lowest BCUT2D eigenvalue weighted by atomic mass is 9.33. The summed E-state index contributed by atoms with van der Waals surface area (Å²) in [6.07, 6.45) is 0. The zero-order chi connectivity index (χ0) is 51.9. The molecule has 6 heterocycles. The second kappa shape index (κ2) is 17.5. The summed E-state index contributed by atoms with van der Waals surface area (Å²) >= 11 is 7.66. The van der Waals surface area contributed by atoms with E-state index in [-0.39, 0.29) is 17.5 Å². The van der Waals surface area contributed by atoms with Gasteiger partial charge < -0.3 is 9.80 Å². The van der Waals surface area contributed by atoms with Crippen molar-refractivity contribution >= 4 is 142 Å². The van der Waals surface area contributed by atoms with Gasteiger partial charge in [0.25, 0.3) is 6.71 Å². The number of hydrogen-bond acceptors (Lipinski definition) is 6. The van der Waals surface area contributed by atoms with Gasteiger partial charge in [0.05, 0.1) is 21.4 Å². The Labute approximate surface area is 466 Å². The maximum Gasteiger partial charge on any atom is 0.256 e. The highest BCUT2D eigenvalue weighted by molar-refractivity contribution is 7.29. The number of anilines is 6. The molecule has 13 aromatic rings. The van der Waals surface area contributed by atoms with Gasteiger partial charge in [0.1, 0.15) is 0 Å². The largest absolute Gasteiger partial charge is 0.302 e. The van der Waals surface area contributed by atoms with E-state index in [1.165, 1.54) is 144 Å². The van der Waals surface area contributed by atoms with Crippen LogP contribution in [0.2, 0.25) is 0 Å². The zero-order valence-electron chi connectivity index (χ0n) is 43.8. The van der Waals surface area contributed by atoms with E-state index in [0.29, 0.717) is 0 Å². The third kappa shape index (κ3) is 7.53. The molecule has 0 aliphatic carbocycles. The minimum atomic E-state index is -0.0523. The monoisotopic (exact) mass is 1060 g/mol. The molecule has 0 atom stereocenters. The van der Waals surface area contributed by atoms with Gasteiger partial charge in [0.2, 0.25) is 0 Å². The molecule has 0 amide bonds. The van der Waals surface area contributed by atoms with E-state index >= 15 is 0 Å². The lowest BCUT2D eigenvalue weighted by Gasteiger charge is -2.43. The maximum absolute atomic E-state index is 2.68. The Kier molecular flexibility index (Phi) is 10.6. The molecule has 0 fully saturated rings. The van der Waals surface area contributed by atoms with Crippen LogP contribution >= 0.6 is 45.3 Å². The predicted octanol–water partition coefficient (Wildman–Crippen LogP) is 19.9. The first kappa shape index (κ1) is 46.8. The van der Waals surface area contributed by atoms with Crippen LogP contribution in [-0.4, -0.2) is 6.71 Å². The van der Waals surface area contributed by atoms with Crippen molar-refractivity contribution in [1.29, 1.82) is 0 Å². The highest BCUT2D eigenvalue weighted by Gasteiger charge is 2.48. The number of benzene rings is 9. The lowest BCUT2D eigenvalue weighted by Crippen LogP contribution is -2.60. The molecule has 2 aliphatic heterocycles. The molecular weight excluding hydrogens is 1010 g/mol. The Balaban J connectivity index is 1.07. The van der Waals surface area contributed by atoms with Crippen molar-refractivity contribution in [2.75, 3.05) is 9.80 Å². The molecule has 4 aromatic heterocycles. The van der Waals surface area contributed by atoms with E-state index in [1.54, 1.807) is 0 Å². The maximum atomic E-state index is 2.68. The minimum absolute atomic E-state index is 0.0437. The molecule has 2 aliphatic rings. The van der Waals surface area contributed by atoms with Gasteiger partial charge in [-0.25, -0.2) is 0 Å². The third-order valence-corrected chi connectivity index (χ3v) is 20.7. The van der Waals surface area contributed by atoms with E-state index in [0.717, 1.165) is 0 Å². The summed E-state index contributed by atoms with van der Waals surface area (Å²) in [5.74, 6) is 0. The molecule has 0 saturated carbocycles. The fraction of sp³-hybridized carbons (Fsp3) is 0.114. The van der Waals surface area contributed by atoms with E-state index in [1.807, 2.05) is 45.3 Å². The first-order valence-corrected chi connectivity index (χ1v) is 29.9. The van der Waals surface area contributed by atoms with Crippen molar-refractivity contribution in [1.82, 2.24) is 0 Å². The molecule has 0 spiro atoms. The average Bonchev–Trinajstić information content (AvgIpc) is 4.36. The quantitative estimate of drug-likeness (QED) is 0.153. The summed E-state index contributed by atoms with van der Waals surface area (Å²) in [5, 5.41) is 7.82. The summed E-state index contributed by atoms with van der Waals surface area (Å²) in [6.45, 7) is 14.1. The summed E-state index contributed by atoms with van der Waals surface area (Å²) in [5.41, 5.74) is 18.8. The van der Waals surface area contributed by atoms with Crippen molar-refractivity contribution in [3.8, 4) is 43.1 Å². The molecule has 2 nitrogen and oxygen atoms in total. The molecule has 0 radical (unpaired) electrons. The van der Waals surface area contributed by atoms with Gasteiger partial charge in [0.15, 0.2) is 0 Å². The summed E-state index contributed by atoms with van der Waals surface area (Å²) in [6, 6.07) is 80.7. The van der Waals surface area contributed by atoms with Crippen LogP contribution in [-0.2, 0) is 10.8 Å². The van der Waals surface area contributed by atoms with Crippen molar-refractivity contribution in [2.45, 2.75) is 52.4 Å². The lowest BCUT2D eigenvalue weighted by molar-refractivity contribution is 0.591. The predicted molar refractivity (Wildman–Crippen MR) is 341 cm³/mol. The van der Waals surface area contributed by atoms with E-state index in [4.69, 9.17) is 0 Å². The van der Waals surface area contributed by atoms with Crippen molar-refractivity contribution in [3.63, 3.8) is 0 Å². The van der Waals surface area contributed by atoms with Crippen LogP contribution in [0.1, 0.15) is 52.7 Å². The minimum Gasteiger partial charge on any atom is -0.302 e. The highest BCUT2D eigenvalue weighted by atomic mass is 32.1. The molecule has 370 valence electrons. The molecule has 77 heavy (non-hydrogen) atoms. The SMILES string of the molecule is CC(C)(C)c1ccc2sc3c(c2c1)B1c2c(cccc2N(c2cc(-c4cc5ccccc5s4)ccc2-c2ccccc2)c2sc4ccc(C(C)(C)C)cc4c21)N3c1cc(-c2cc3ccccc3s2)ccc1-c1ccccc1. The Bertz CT molecular complexity index is 4150. The van der Waals surface area contributed by atoms with Gasteiger partial charge in [-0.15, -0.1) is 45.3 Å². The van der Waals surface area contributed by atoms with Crippen molar-refractivity contribution in [3.05, 3.63) is 223 Å². The molecule has 0 unspecified atom stereocenters. The first-order valence-electron chi connectivity index (χ1n) is 26.7. The molecule has 9 aromatic carbocycles. The van der Waals surface area contributed by atoms with Crippen LogP contribution in [0.3, 0.4) is 0 Å².